The summed E-state index contributed by atoms with van der Waals surface area (Å²) in [6, 6.07) is 4.43. The quantitative estimate of drug-likeness (QED) is 0.684. The zero-order valence-corrected chi connectivity index (χ0v) is 12.8. The van der Waals surface area contributed by atoms with Gasteiger partial charge in [-0.25, -0.2) is 0 Å². The maximum atomic E-state index is 11.8. The van der Waals surface area contributed by atoms with Crippen LogP contribution in [0.15, 0.2) is 30.9 Å². The van der Waals surface area contributed by atoms with Crippen molar-refractivity contribution in [3.05, 3.63) is 36.4 Å². The lowest BCUT2D eigenvalue weighted by atomic mass is 10.0. The molecule has 0 heterocycles. The average molecular weight is 307 g/mol. The van der Waals surface area contributed by atoms with E-state index < -0.39 is 12.0 Å². The number of amides is 1. The molecule has 0 aliphatic carbocycles. The molecule has 1 unspecified atom stereocenters. The second-order valence-corrected chi connectivity index (χ2v) is 4.66. The number of carboxylic acid groups (broad SMARTS) is 1. The number of nitrogens with one attached hydrogen (secondary N) is 1. The van der Waals surface area contributed by atoms with Crippen LogP contribution in [-0.4, -0.2) is 31.2 Å². The van der Waals surface area contributed by atoms with Crippen LogP contribution in [0, 0.1) is 0 Å². The molecule has 0 bridgehead atoms. The molecule has 1 atom stereocenters. The first-order chi connectivity index (χ1) is 10.5. The van der Waals surface area contributed by atoms with Crippen LogP contribution in [0.25, 0.3) is 0 Å². The van der Waals surface area contributed by atoms with E-state index in [9.17, 15) is 9.59 Å². The van der Waals surface area contributed by atoms with E-state index in [-0.39, 0.29) is 18.7 Å². The highest BCUT2D eigenvalue weighted by Crippen LogP contribution is 2.31. The van der Waals surface area contributed by atoms with E-state index in [1.807, 2.05) is 0 Å². The molecule has 0 saturated carbocycles. The predicted octanol–water partition coefficient (Wildman–Crippen LogP) is 2.30. The van der Waals surface area contributed by atoms with Gasteiger partial charge < -0.3 is 19.9 Å². The average Bonchev–Trinajstić information content (AvgIpc) is 2.51. The molecule has 22 heavy (non-hydrogen) atoms. The van der Waals surface area contributed by atoms with Gasteiger partial charge in [0.15, 0.2) is 11.5 Å². The number of methoxy groups -OCH3 is 2. The monoisotopic (exact) mass is 307 g/mol. The molecule has 0 saturated heterocycles. The number of carbonyl (C=O) groups excluding carboxylic acids is 1. The van der Waals surface area contributed by atoms with Crippen molar-refractivity contribution in [2.45, 2.75) is 25.3 Å². The van der Waals surface area contributed by atoms with Crippen LogP contribution < -0.4 is 14.8 Å². The van der Waals surface area contributed by atoms with Crippen molar-refractivity contribution in [2.24, 2.45) is 0 Å². The lowest BCUT2D eigenvalue weighted by molar-refractivity contribution is -0.137. The third-order valence-electron chi connectivity index (χ3n) is 3.10. The number of hydrogen-bond acceptors (Lipinski definition) is 4. The SMILES string of the molecule is C=CCCC(=O)NC(CC(=O)O)c1ccc(OC)c(OC)c1. The number of rotatable bonds is 9. The van der Waals surface area contributed by atoms with E-state index in [0.29, 0.717) is 23.5 Å². The van der Waals surface area contributed by atoms with Crippen LogP contribution in [0.5, 0.6) is 11.5 Å². The Morgan fingerprint density at radius 3 is 2.55 bits per heavy atom. The van der Waals surface area contributed by atoms with Crippen molar-refractivity contribution < 1.29 is 24.2 Å². The highest BCUT2D eigenvalue weighted by atomic mass is 16.5. The smallest absolute Gasteiger partial charge is 0.305 e. The standard InChI is InChI=1S/C16H21NO5/c1-4-5-6-15(18)17-12(10-16(19)20)11-7-8-13(21-2)14(9-11)22-3/h4,7-9,12H,1,5-6,10H2,2-3H3,(H,17,18)(H,19,20). The number of allylic oxidation sites excluding steroid dienone is 1. The zero-order valence-electron chi connectivity index (χ0n) is 12.8. The Balaban J connectivity index is 2.98. The number of aliphatic carboxylic acids is 1. The first-order valence-corrected chi connectivity index (χ1v) is 6.85. The van der Waals surface area contributed by atoms with Gasteiger partial charge in [0.05, 0.1) is 26.7 Å². The molecule has 2 N–H and O–H groups in total. The molecule has 1 rings (SSSR count). The summed E-state index contributed by atoms with van der Waals surface area (Å²) in [6.45, 7) is 3.56. The van der Waals surface area contributed by atoms with Crippen LogP contribution in [0.1, 0.15) is 30.9 Å². The van der Waals surface area contributed by atoms with Gasteiger partial charge in [0, 0.05) is 6.42 Å². The molecule has 1 aromatic carbocycles. The number of ether oxygens (including phenoxy) is 2. The van der Waals surface area contributed by atoms with Gasteiger partial charge in [-0.1, -0.05) is 12.1 Å². The van der Waals surface area contributed by atoms with Crippen molar-refractivity contribution in [3.63, 3.8) is 0 Å². The summed E-state index contributed by atoms with van der Waals surface area (Å²) in [5, 5.41) is 11.8. The summed E-state index contributed by atoms with van der Waals surface area (Å²) >= 11 is 0. The lowest BCUT2D eigenvalue weighted by Gasteiger charge is -2.19. The number of carboxylic acids is 1. The van der Waals surface area contributed by atoms with Gasteiger partial charge >= 0.3 is 5.97 Å². The minimum atomic E-state index is -0.996. The van der Waals surface area contributed by atoms with Crippen LogP contribution >= 0.6 is 0 Å². The second-order valence-electron chi connectivity index (χ2n) is 4.66. The van der Waals surface area contributed by atoms with Crippen molar-refractivity contribution in [1.29, 1.82) is 0 Å². The topological polar surface area (TPSA) is 84.9 Å². The van der Waals surface area contributed by atoms with E-state index in [4.69, 9.17) is 14.6 Å². The fraction of sp³-hybridized carbons (Fsp3) is 0.375. The molecule has 0 spiro atoms. The summed E-state index contributed by atoms with van der Waals surface area (Å²) in [6.07, 6.45) is 2.24. The molecule has 120 valence electrons. The van der Waals surface area contributed by atoms with Gasteiger partial charge in [-0.3, -0.25) is 9.59 Å². The maximum absolute atomic E-state index is 11.8. The number of benzene rings is 1. The highest BCUT2D eigenvalue weighted by molar-refractivity contribution is 5.78. The van der Waals surface area contributed by atoms with Gasteiger partial charge in [-0.05, 0) is 24.1 Å². The second kappa shape index (κ2) is 8.71. The summed E-state index contributed by atoms with van der Waals surface area (Å²) in [5.41, 5.74) is 0.645. The van der Waals surface area contributed by atoms with Gasteiger partial charge in [0.2, 0.25) is 5.91 Å². The van der Waals surface area contributed by atoms with Gasteiger partial charge in [0.25, 0.3) is 0 Å². The molecule has 0 radical (unpaired) electrons. The van der Waals surface area contributed by atoms with E-state index in [0.717, 1.165) is 0 Å². The van der Waals surface area contributed by atoms with E-state index in [1.54, 1.807) is 24.3 Å². The van der Waals surface area contributed by atoms with Gasteiger partial charge in [-0.15, -0.1) is 6.58 Å². The Hall–Kier alpha value is -2.50. The fourth-order valence-corrected chi connectivity index (χ4v) is 2.00. The van der Waals surface area contributed by atoms with Crippen molar-refractivity contribution >= 4 is 11.9 Å². The summed E-state index contributed by atoms with van der Waals surface area (Å²) < 4.78 is 10.4. The molecule has 0 aliphatic heterocycles. The molecule has 0 aliphatic rings. The summed E-state index contributed by atoms with van der Waals surface area (Å²) in [5.74, 6) is -0.196. The first kappa shape index (κ1) is 17.6. The van der Waals surface area contributed by atoms with Crippen LogP contribution in [0.4, 0.5) is 0 Å². The van der Waals surface area contributed by atoms with Crippen LogP contribution in [-0.2, 0) is 9.59 Å². The molecule has 0 fully saturated rings. The van der Waals surface area contributed by atoms with E-state index >= 15 is 0 Å². The van der Waals surface area contributed by atoms with Crippen LogP contribution in [0.3, 0.4) is 0 Å². The van der Waals surface area contributed by atoms with Crippen molar-refractivity contribution in [3.8, 4) is 11.5 Å². The Kier molecular flexibility index (Phi) is 6.95. The molecule has 1 aromatic rings. The minimum absolute atomic E-state index is 0.213. The number of carbonyl (C=O) groups is 2. The lowest BCUT2D eigenvalue weighted by Crippen LogP contribution is -2.29. The molecule has 0 aromatic heterocycles. The van der Waals surface area contributed by atoms with Gasteiger partial charge in [-0.2, -0.15) is 0 Å². The highest BCUT2D eigenvalue weighted by Gasteiger charge is 2.19. The third kappa shape index (κ3) is 5.12. The van der Waals surface area contributed by atoms with Crippen LogP contribution in [0.2, 0.25) is 0 Å². The van der Waals surface area contributed by atoms with E-state index in [1.165, 1.54) is 14.2 Å². The Morgan fingerprint density at radius 2 is 2.00 bits per heavy atom. The number of hydrogen-bond donors (Lipinski definition) is 2. The molecule has 6 nitrogen and oxygen atoms in total. The third-order valence-corrected chi connectivity index (χ3v) is 3.10. The van der Waals surface area contributed by atoms with Crippen molar-refractivity contribution in [1.82, 2.24) is 5.32 Å². The minimum Gasteiger partial charge on any atom is -0.493 e. The van der Waals surface area contributed by atoms with Crippen molar-refractivity contribution in [2.75, 3.05) is 14.2 Å². The zero-order chi connectivity index (χ0) is 16.5. The van der Waals surface area contributed by atoms with Gasteiger partial charge in [0.1, 0.15) is 0 Å². The van der Waals surface area contributed by atoms with E-state index in [2.05, 4.69) is 11.9 Å². The molecule has 1 amide bonds. The molecular weight excluding hydrogens is 286 g/mol. The largest absolute Gasteiger partial charge is 0.493 e. The molecule has 6 heteroatoms. The predicted molar refractivity (Wildman–Crippen MR) is 82.1 cm³/mol. The fourth-order valence-electron chi connectivity index (χ4n) is 2.00. The summed E-state index contributed by atoms with van der Waals surface area (Å²) in [4.78, 5) is 22.9. The Bertz CT molecular complexity index is 541. The molecular formula is C16H21NO5. The first-order valence-electron chi connectivity index (χ1n) is 6.85. The normalized spacial score (nSPS) is 11.4. The summed E-state index contributed by atoms with van der Waals surface area (Å²) in [7, 11) is 3.01. The Morgan fingerprint density at radius 1 is 1.32 bits per heavy atom. The Labute approximate surface area is 129 Å². The maximum Gasteiger partial charge on any atom is 0.305 e.